The molecule has 0 bridgehead atoms. The monoisotopic (exact) mass is 236 g/mol. The third-order valence-electron chi connectivity index (χ3n) is 2.63. The third kappa shape index (κ3) is 3.88. The first-order chi connectivity index (χ1) is 8.24. The number of aryl methyl sites for hydroxylation is 1. The van der Waals surface area contributed by atoms with Gasteiger partial charge in [0.1, 0.15) is 17.5 Å². The second-order valence-electron chi connectivity index (χ2n) is 3.99. The van der Waals surface area contributed by atoms with Crippen molar-refractivity contribution in [1.29, 1.82) is 0 Å². The van der Waals surface area contributed by atoms with Crippen molar-refractivity contribution in [3.8, 4) is 0 Å². The summed E-state index contributed by atoms with van der Waals surface area (Å²) in [6.07, 6.45) is 2.01. The highest BCUT2D eigenvalue weighted by atomic mass is 15.2. The van der Waals surface area contributed by atoms with E-state index in [4.69, 9.17) is 0 Å². The van der Waals surface area contributed by atoms with Crippen LogP contribution in [-0.4, -0.2) is 29.6 Å². The Kier molecular flexibility index (Phi) is 5.73. The molecule has 0 aliphatic rings. The van der Waals surface area contributed by atoms with E-state index in [-0.39, 0.29) is 0 Å². The van der Waals surface area contributed by atoms with Crippen LogP contribution in [0, 0.1) is 0 Å². The molecule has 0 amide bonds. The number of rotatable bonds is 7. The maximum absolute atomic E-state index is 4.60. The van der Waals surface area contributed by atoms with E-state index in [1.807, 2.05) is 6.07 Å². The van der Waals surface area contributed by atoms with E-state index in [0.29, 0.717) is 0 Å². The van der Waals surface area contributed by atoms with Gasteiger partial charge < -0.3 is 10.2 Å². The van der Waals surface area contributed by atoms with Crippen molar-refractivity contribution in [3.05, 3.63) is 11.9 Å². The lowest BCUT2D eigenvalue weighted by Gasteiger charge is -2.22. The number of aromatic nitrogens is 2. The third-order valence-corrected chi connectivity index (χ3v) is 2.63. The van der Waals surface area contributed by atoms with Crippen molar-refractivity contribution in [2.75, 3.05) is 29.9 Å². The van der Waals surface area contributed by atoms with Crippen molar-refractivity contribution in [1.82, 2.24) is 9.97 Å². The maximum Gasteiger partial charge on any atom is 0.134 e. The Morgan fingerprint density at radius 3 is 2.47 bits per heavy atom. The van der Waals surface area contributed by atoms with Crippen LogP contribution in [0.15, 0.2) is 6.07 Å². The summed E-state index contributed by atoms with van der Waals surface area (Å²) in [5.41, 5.74) is 0. The molecule has 1 aromatic rings. The molecule has 0 fully saturated rings. The average molecular weight is 236 g/mol. The molecular weight excluding hydrogens is 212 g/mol. The maximum atomic E-state index is 4.60. The Bertz CT molecular complexity index is 338. The van der Waals surface area contributed by atoms with Crippen LogP contribution in [0.4, 0.5) is 11.6 Å². The Morgan fingerprint density at radius 1 is 1.18 bits per heavy atom. The van der Waals surface area contributed by atoms with E-state index < -0.39 is 0 Å². The molecule has 0 radical (unpaired) electrons. The van der Waals surface area contributed by atoms with Gasteiger partial charge in [-0.2, -0.15) is 0 Å². The van der Waals surface area contributed by atoms with E-state index in [1.54, 1.807) is 0 Å². The number of hydrogen-bond acceptors (Lipinski definition) is 4. The van der Waals surface area contributed by atoms with Gasteiger partial charge >= 0.3 is 0 Å². The zero-order valence-electron chi connectivity index (χ0n) is 11.5. The molecule has 4 heteroatoms. The van der Waals surface area contributed by atoms with E-state index in [0.717, 1.165) is 49.9 Å². The predicted molar refractivity (Wildman–Crippen MR) is 73.8 cm³/mol. The molecule has 1 aromatic heterocycles. The molecule has 0 saturated heterocycles. The quantitative estimate of drug-likeness (QED) is 0.790. The predicted octanol–water partition coefficient (Wildman–Crippen LogP) is 2.71. The SMILES string of the molecule is CCCN(CC)c1cc(NCC)nc(CC)n1. The topological polar surface area (TPSA) is 41.0 Å². The van der Waals surface area contributed by atoms with Gasteiger partial charge in [-0.3, -0.25) is 0 Å². The lowest BCUT2D eigenvalue weighted by atomic mass is 10.3. The van der Waals surface area contributed by atoms with Gasteiger partial charge in [-0.15, -0.1) is 0 Å². The van der Waals surface area contributed by atoms with E-state index in [1.165, 1.54) is 0 Å². The molecule has 0 aliphatic carbocycles. The molecule has 1 heterocycles. The van der Waals surface area contributed by atoms with Gasteiger partial charge in [0.15, 0.2) is 0 Å². The van der Waals surface area contributed by atoms with E-state index in [9.17, 15) is 0 Å². The second kappa shape index (κ2) is 7.09. The summed E-state index contributed by atoms with van der Waals surface area (Å²) >= 11 is 0. The first kappa shape index (κ1) is 13.7. The highest BCUT2D eigenvalue weighted by molar-refractivity contribution is 5.49. The molecule has 0 atom stereocenters. The summed E-state index contributed by atoms with van der Waals surface area (Å²) in [5, 5.41) is 3.27. The van der Waals surface area contributed by atoms with Crippen molar-refractivity contribution < 1.29 is 0 Å². The van der Waals surface area contributed by atoms with Gasteiger partial charge in [-0.1, -0.05) is 13.8 Å². The molecule has 96 valence electrons. The van der Waals surface area contributed by atoms with Crippen molar-refractivity contribution in [2.45, 2.75) is 40.5 Å². The number of nitrogens with one attached hydrogen (secondary N) is 1. The molecule has 0 aliphatic heterocycles. The summed E-state index contributed by atoms with van der Waals surface area (Å²) in [5.74, 6) is 2.88. The highest BCUT2D eigenvalue weighted by Crippen LogP contribution is 2.16. The number of nitrogens with zero attached hydrogens (tertiary/aromatic N) is 3. The summed E-state index contributed by atoms with van der Waals surface area (Å²) in [4.78, 5) is 11.4. The van der Waals surface area contributed by atoms with Gasteiger partial charge in [0, 0.05) is 32.1 Å². The normalized spacial score (nSPS) is 10.4. The average Bonchev–Trinajstić information content (AvgIpc) is 2.35. The summed E-state index contributed by atoms with van der Waals surface area (Å²) < 4.78 is 0. The lowest BCUT2D eigenvalue weighted by molar-refractivity contribution is 0.768. The van der Waals surface area contributed by atoms with Crippen LogP contribution in [0.25, 0.3) is 0 Å². The van der Waals surface area contributed by atoms with Crippen LogP contribution < -0.4 is 10.2 Å². The summed E-state index contributed by atoms with van der Waals surface area (Å²) in [6.45, 7) is 11.4. The van der Waals surface area contributed by atoms with E-state index >= 15 is 0 Å². The van der Waals surface area contributed by atoms with Gasteiger partial charge in [0.05, 0.1) is 0 Å². The Balaban J connectivity index is 2.99. The van der Waals surface area contributed by atoms with Crippen molar-refractivity contribution in [2.24, 2.45) is 0 Å². The minimum absolute atomic E-state index is 0.871. The molecule has 1 N–H and O–H groups in total. The minimum atomic E-state index is 0.871. The fourth-order valence-corrected chi connectivity index (χ4v) is 1.78. The molecular formula is C13H24N4. The lowest BCUT2D eigenvalue weighted by Crippen LogP contribution is -2.25. The van der Waals surface area contributed by atoms with Crippen LogP contribution in [0.5, 0.6) is 0 Å². The van der Waals surface area contributed by atoms with Crippen LogP contribution in [-0.2, 0) is 6.42 Å². The van der Waals surface area contributed by atoms with Gasteiger partial charge in [0.25, 0.3) is 0 Å². The zero-order chi connectivity index (χ0) is 12.7. The van der Waals surface area contributed by atoms with Crippen LogP contribution in [0.2, 0.25) is 0 Å². The van der Waals surface area contributed by atoms with Gasteiger partial charge in [0.2, 0.25) is 0 Å². The first-order valence-electron chi connectivity index (χ1n) is 6.61. The Morgan fingerprint density at radius 2 is 1.94 bits per heavy atom. The van der Waals surface area contributed by atoms with Crippen LogP contribution >= 0.6 is 0 Å². The van der Waals surface area contributed by atoms with Crippen LogP contribution in [0.1, 0.15) is 39.9 Å². The molecule has 4 nitrogen and oxygen atoms in total. The molecule has 0 unspecified atom stereocenters. The standard InChI is InChI=1S/C13H24N4/c1-5-9-17(8-4)13-10-12(14-7-3)15-11(6-2)16-13/h10H,5-9H2,1-4H3,(H,14,15,16). The molecule has 0 aromatic carbocycles. The molecule has 1 rings (SSSR count). The summed E-state index contributed by atoms with van der Waals surface area (Å²) in [6, 6.07) is 2.04. The Labute approximate surface area is 104 Å². The first-order valence-corrected chi connectivity index (χ1v) is 6.61. The fourth-order valence-electron chi connectivity index (χ4n) is 1.78. The molecule has 0 saturated carbocycles. The van der Waals surface area contributed by atoms with Crippen LogP contribution in [0.3, 0.4) is 0 Å². The molecule has 17 heavy (non-hydrogen) atoms. The van der Waals surface area contributed by atoms with Crippen molar-refractivity contribution >= 4 is 11.6 Å². The van der Waals surface area contributed by atoms with Gasteiger partial charge in [-0.25, -0.2) is 9.97 Å². The Hall–Kier alpha value is -1.32. The van der Waals surface area contributed by atoms with Gasteiger partial charge in [-0.05, 0) is 20.3 Å². The number of anilines is 2. The largest absolute Gasteiger partial charge is 0.370 e. The fraction of sp³-hybridized carbons (Fsp3) is 0.692. The highest BCUT2D eigenvalue weighted by Gasteiger charge is 2.08. The molecule has 0 spiro atoms. The smallest absolute Gasteiger partial charge is 0.134 e. The minimum Gasteiger partial charge on any atom is -0.370 e. The van der Waals surface area contributed by atoms with Crippen molar-refractivity contribution in [3.63, 3.8) is 0 Å². The number of hydrogen-bond donors (Lipinski definition) is 1. The summed E-state index contributed by atoms with van der Waals surface area (Å²) in [7, 11) is 0. The second-order valence-corrected chi connectivity index (χ2v) is 3.99. The zero-order valence-corrected chi connectivity index (χ0v) is 11.5. The van der Waals surface area contributed by atoms with E-state index in [2.05, 4.69) is 47.9 Å².